The number of hydrogen-bond donors (Lipinski definition) is 0. The van der Waals surface area contributed by atoms with Crippen molar-refractivity contribution in [2.24, 2.45) is 11.3 Å². The summed E-state index contributed by atoms with van der Waals surface area (Å²) in [5, 5.41) is 0. The first-order valence-electron chi connectivity index (χ1n) is 6.68. The molecule has 100 valence electrons. The van der Waals surface area contributed by atoms with Crippen molar-refractivity contribution in [3.8, 4) is 0 Å². The highest BCUT2D eigenvalue weighted by Gasteiger charge is 2.32. The minimum absolute atomic E-state index is 0.383. The van der Waals surface area contributed by atoms with Gasteiger partial charge < -0.3 is 4.90 Å². The molecule has 0 spiro atoms. The lowest BCUT2D eigenvalue weighted by Crippen LogP contribution is -2.26. The second-order valence-electron chi connectivity index (χ2n) is 6.41. The van der Waals surface area contributed by atoms with Crippen LogP contribution in [0.15, 0.2) is 12.1 Å². The molecule has 0 aliphatic carbocycles. The Morgan fingerprint density at radius 1 is 1.39 bits per heavy atom. The normalized spacial score (nSPS) is 20.5. The Morgan fingerprint density at radius 2 is 2.11 bits per heavy atom. The predicted molar refractivity (Wildman–Crippen MR) is 78.3 cm³/mol. The van der Waals surface area contributed by atoms with E-state index >= 15 is 0 Å². The van der Waals surface area contributed by atoms with Gasteiger partial charge in [-0.3, -0.25) is 0 Å². The topological polar surface area (TPSA) is 16.1 Å². The Kier molecular flexibility index (Phi) is 3.86. The third-order valence-corrected chi connectivity index (χ3v) is 4.20. The molecule has 2 nitrogen and oxygen atoms in total. The quantitative estimate of drug-likeness (QED) is 0.752. The SMILES string of the molecule is Cc1cc(CCl)cc(N2CCC(C(C)(C)C)C2)n1. The lowest BCUT2D eigenvalue weighted by Gasteiger charge is -2.27. The smallest absolute Gasteiger partial charge is 0.129 e. The van der Waals surface area contributed by atoms with Gasteiger partial charge in [0.05, 0.1) is 0 Å². The summed E-state index contributed by atoms with van der Waals surface area (Å²) < 4.78 is 0. The van der Waals surface area contributed by atoms with Gasteiger partial charge >= 0.3 is 0 Å². The van der Waals surface area contributed by atoms with Crippen LogP contribution in [-0.2, 0) is 5.88 Å². The molecule has 1 aromatic heterocycles. The van der Waals surface area contributed by atoms with Gasteiger partial charge in [-0.05, 0) is 42.4 Å². The number of nitrogens with zero attached hydrogens (tertiary/aromatic N) is 2. The van der Waals surface area contributed by atoms with Crippen LogP contribution in [0.25, 0.3) is 0 Å². The zero-order chi connectivity index (χ0) is 13.3. The summed E-state index contributed by atoms with van der Waals surface area (Å²) in [5.74, 6) is 2.41. The van der Waals surface area contributed by atoms with Crippen LogP contribution in [0.2, 0.25) is 0 Å². The number of hydrogen-bond acceptors (Lipinski definition) is 2. The minimum Gasteiger partial charge on any atom is -0.356 e. The van der Waals surface area contributed by atoms with Gasteiger partial charge in [-0.15, -0.1) is 11.6 Å². The molecule has 2 heterocycles. The van der Waals surface area contributed by atoms with Gasteiger partial charge in [0.25, 0.3) is 0 Å². The van der Waals surface area contributed by atoms with Crippen LogP contribution in [-0.4, -0.2) is 18.1 Å². The van der Waals surface area contributed by atoms with Gasteiger partial charge in [-0.25, -0.2) is 4.98 Å². The zero-order valence-corrected chi connectivity index (χ0v) is 12.6. The molecule has 18 heavy (non-hydrogen) atoms. The molecule has 1 atom stereocenters. The zero-order valence-electron chi connectivity index (χ0n) is 11.8. The summed E-state index contributed by atoms with van der Waals surface area (Å²) in [6, 6.07) is 4.19. The molecule has 1 fully saturated rings. The first kappa shape index (κ1) is 13.7. The molecule has 1 aliphatic heterocycles. The van der Waals surface area contributed by atoms with Crippen molar-refractivity contribution >= 4 is 17.4 Å². The molecule has 0 N–H and O–H groups in total. The summed E-state index contributed by atoms with van der Waals surface area (Å²) in [6.45, 7) is 11.2. The van der Waals surface area contributed by atoms with Crippen LogP contribution >= 0.6 is 11.6 Å². The molecule has 0 radical (unpaired) electrons. The molecule has 0 saturated carbocycles. The standard InChI is InChI=1S/C15H23ClN2/c1-11-7-12(9-16)8-14(17-11)18-6-5-13(10-18)15(2,3)4/h7-8,13H,5-6,9-10H2,1-4H3. The van der Waals surface area contributed by atoms with E-state index in [9.17, 15) is 0 Å². The van der Waals surface area contributed by atoms with Gasteiger partial charge in [-0.1, -0.05) is 20.8 Å². The van der Waals surface area contributed by atoms with Crippen molar-refractivity contribution in [3.05, 3.63) is 23.4 Å². The van der Waals surface area contributed by atoms with E-state index in [1.54, 1.807) is 0 Å². The Bertz CT molecular complexity index is 423. The molecule has 1 aliphatic rings. The van der Waals surface area contributed by atoms with Crippen molar-refractivity contribution in [2.75, 3.05) is 18.0 Å². The molecular weight excluding hydrogens is 244 g/mol. The molecule has 1 saturated heterocycles. The van der Waals surface area contributed by atoms with Gasteiger partial charge in [0.1, 0.15) is 5.82 Å². The molecule has 1 aromatic rings. The number of alkyl halides is 1. The van der Waals surface area contributed by atoms with Crippen LogP contribution in [0.4, 0.5) is 5.82 Å². The minimum atomic E-state index is 0.383. The van der Waals surface area contributed by atoms with E-state index < -0.39 is 0 Å². The van der Waals surface area contributed by atoms with Crippen LogP contribution in [0.5, 0.6) is 0 Å². The van der Waals surface area contributed by atoms with Crippen LogP contribution < -0.4 is 4.90 Å². The van der Waals surface area contributed by atoms with E-state index in [1.807, 2.05) is 6.92 Å². The van der Waals surface area contributed by atoms with Crippen molar-refractivity contribution < 1.29 is 0 Å². The number of rotatable bonds is 2. The average Bonchev–Trinajstić information content (AvgIpc) is 2.77. The number of aromatic nitrogens is 1. The van der Waals surface area contributed by atoms with E-state index in [2.05, 4.69) is 42.8 Å². The average molecular weight is 267 g/mol. The second kappa shape index (κ2) is 5.08. The summed E-state index contributed by atoms with van der Waals surface area (Å²) in [4.78, 5) is 7.05. The van der Waals surface area contributed by atoms with E-state index in [-0.39, 0.29) is 0 Å². The third-order valence-electron chi connectivity index (χ3n) is 3.89. The summed E-state index contributed by atoms with van der Waals surface area (Å²) in [5.41, 5.74) is 2.61. The van der Waals surface area contributed by atoms with E-state index in [0.717, 1.165) is 30.5 Å². The molecular formula is C15H23ClN2. The fourth-order valence-corrected chi connectivity index (χ4v) is 2.79. The van der Waals surface area contributed by atoms with Crippen LogP contribution in [0.3, 0.4) is 0 Å². The number of aryl methyl sites for hydroxylation is 1. The summed E-state index contributed by atoms with van der Waals surface area (Å²) in [6.07, 6.45) is 1.26. The predicted octanol–water partition coefficient (Wildman–Crippen LogP) is 4.00. The van der Waals surface area contributed by atoms with Crippen LogP contribution in [0, 0.1) is 18.3 Å². The van der Waals surface area contributed by atoms with Crippen molar-refractivity contribution in [3.63, 3.8) is 0 Å². The van der Waals surface area contributed by atoms with Gasteiger partial charge in [0.15, 0.2) is 0 Å². The Morgan fingerprint density at radius 3 is 2.67 bits per heavy atom. The van der Waals surface area contributed by atoms with Gasteiger partial charge in [0.2, 0.25) is 0 Å². The lowest BCUT2D eigenvalue weighted by atomic mass is 9.80. The molecule has 2 rings (SSSR count). The third kappa shape index (κ3) is 2.97. The Hall–Kier alpha value is -0.760. The van der Waals surface area contributed by atoms with E-state index in [0.29, 0.717) is 11.3 Å². The van der Waals surface area contributed by atoms with E-state index in [4.69, 9.17) is 11.6 Å². The summed E-state index contributed by atoms with van der Waals surface area (Å²) >= 11 is 5.93. The summed E-state index contributed by atoms with van der Waals surface area (Å²) in [7, 11) is 0. The van der Waals surface area contributed by atoms with E-state index in [1.165, 1.54) is 12.0 Å². The van der Waals surface area contributed by atoms with Gasteiger partial charge in [-0.2, -0.15) is 0 Å². The van der Waals surface area contributed by atoms with Crippen molar-refractivity contribution in [1.82, 2.24) is 4.98 Å². The highest BCUT2D eigenvalue weighted by atomic mass is 35.5. The maximum Gasteiger partial charge on any atom is 0.129 e. The largest absolute Gasteiger partial charge is 0.356 e. The Balaban J connectivity index is 2.16. The highest BCUT2D eigenvalue weighted by Crippen LogP contribution is 2.35. The Labute approximate surface area is 115 Å². The lowest BCUT2D eigenvalue weighted by molar-refractivity contribution is 0.263. The molecule has 3 heteroatoms. The molecule has 0 bridgehead atoms. The molecule has 0 amide bonds. The maximum atomic E-state index is 5.93. The maximum absolute atomic E-state index is 5.93. The number of halogens is 1. The van der Waals surface area contributed by atoms with Gasteiger partial charge in [0, 0.05) is 24.7 Å². The first-order chi connectivity index (χ1) is 8.40. The molecule has 1 unspecified atom stereocenters. The number of pyridine rings is 1. The second-order valence-corrected chi connectivity index (χ2v) is 6.67. The fraction of sp³-hybridized carbons (Fsp3) is 0.667. The fourth-order valence-electron chi connectivity index (χ4n) is 2.64. The van der Waals surface area contributed by atoms with Crippen molar-refractivity contribution in [1.29, 1.82) is 0 Å². The first-order valence-corrected chi connectivity index (χ1v) is 7.22. The highest BCUT2D eigenvalue weighted by molar-refractivity contribution is 6.17. The van der Waals surface area contributed by atoms with Crippen LogP contribution in [0.1, 0.15) is 38.4 Å². The monoisotopic (exact) mass is 266 g/mol. The van der Waals surface area contributed by atoms with Crippen molar-refractivity contribution in [2.45, 2.75) is 40.0 Å². The number of anilines is 1. The molecule has 0 aromatic carbocycles.